The summed E-state index contributed by atoms with van der Waals surface area (Å²) in [5.74, 6) is 6.47. The second-order valence-corrected chi connectivity index (χ2v) is 3.89. The van der Waals surface area contributed by atoms with Gasteiger partial charge in [0.15, 0.2) is 0 Å². The number of hydrogen-bond donors (Lipinski definition) is 1. The normalized spacial score (nSPS) is 15.4. The summed E-state index contributed by atoms with van der Waals surface area (Å²) in [6.45, 7) is 1.06. The molecule has 0 unspecified atom stereocenters. The standard InChI is InChI=1S/C13H15N3O/c14-9-4-6-11-5-3-7-12(15-11)16-10-2-1-8-13(16)17/h3,5,7H,1-2,8-10,14H2. The molecule has 1 saturated heterocycles. The number of rotatable bonds is 1. The van der Waals surface area contributed by atoms with Gasteiger partial charge in [-0.1, -0.05) is 12.0 Å². The van der Waals surface area contributed by atoms with Gasteiger partial charge in [-0.3, -0.25) is 9.69 Å². The fourth-order valence-electron chi connectivity index (χ4n) is 1.83. The van der Waals surface area contributed by atoms with Crippen LogP contribution in [0.15, 0.2) is 18.2 Å². The Balaban J connectivity index is 2.23. The van der Waals surface area contributed by atoms with Crippen LogP contribution < -0.4 is 10.6 Å². The summed E-state index contributed by atoms with van der Waals surface area (Å²) in [6, 6.07) is 5.53. The molecule has 0 radical (unpaired) electrons. The summed E-state index contributed by atoms with van der Waals surface area (Å²) >= 11 is 0. The first-order chi connectivity index (χ1) is 8.31. The van der Waals surface area contributed by atoms with Crippen LogP contribution in [0.4, 0.5) is 5.82 Å². The molecule has 1 aliphatic heterocycles. The van der Waals surface area contributed by atoms with E-state index in [2.05, 4.69) is 16.8 Å². The Morgan fingerprint density at radius 1 is 1.41 bits per heavy atom. The highest BCUT2D eigenvalue weighted by atomic mass is 16.2. The molecular weight excluding hydrogens is 214 g/mol. The number of nitrogens with zero attached hydrogens (tertiary/aromatic N) is 2. The van der Waals surface area contributed by atoms with E-state index in [4.69, 9.17) is 5.73 Å². The van der Waals surface area contributed by atoms with Gasteiger partial charge in [0, 0.05) is 13.0 Å². The SMILES string of the molecule is NCC#Cc1cccc(N2CCCCC2=O)n1. The van der Waals surface area contributed by atoms with Crippen molar-refractivity contribution in [1.82, 2.24) is 4.98 Å². The number of amides is 1. The number of carbonyl (C=O) groups excluding carboxylic acids is 1. The molecule has 0 spiro atoms. The van der Waals surface area contributed by atoms with E-state index in [1.165, 1.54) is 0 Å². The summed E-state index contributed by atoms with van der Waals surface area (Å²) in [5.41, 5.74) is 5.97. The van der Waals surface area contributed by atoms with Crippen molar-refractivity contribution >= 4 is 11.7 Å². The molecule has 2 rings (SSSR count). The predicted molar refractivity (Wildman–Crippen MR) is 66.4 cm³/mol. The van der Waals surface area contributed by atoms with E-state index in [1.807, 2.05) is 18.2 Å². The van der Waals surface area contributed by atoms with Crippen molar-refractivity contribution < 1.29 is 4.79 Å². The Bertz CT molecular complexity index is 473. The number of pyridine rings is 1. The second kappa shape index (κ2) is 5.46. The van der Waals surface area contributed by atoms with Gasteiger partial charge in [0.05, 0.1) is 6.54 Å². The molecule has 0 bridgehead atoms. The highest BCUT2D eigenvalue weighted by Gasteiger charge is 2.20. The molecule has 1 aromatic heterocycles. The minimum absolute atomic E-state index is 0.146. The van der Waals surface area contributed by atoms with Crippen molar-refractivity contribution in [3.8, 4) is 11.8 Å². The van der Waals surface area contributed by atoms with Gasteiger partial charge in [-0.15, -0.1) is 0 Å². The zero-order chi connectivity index (χ0) is 12.1. The topological polar surface area (TPSA) is 59.2 Å². The molecule has 1 aromatic rings. The van der Waals surface area contributed by atoms with Crippen molar-refractivity contribution in [2.75, 3.05) is 18.0 Å². The second-order valence-electron chi connectivity index (χ2n) is 3.89. The molecule has 4 heteroatoms. The van der Waals surface area contributed by atoms with E-state index in [0.717, 1.165) is 19.4 Å². The Labute approximate surface area is 101 Å². The molecule has 2 heterocycles. The highest BCUT2D eigenvalue weighted by Crippen LogP contribution is 2.18. The molecule has 0 aromatic carbocycles. The molecule has 0 atom stereocenters. The van der Waals surface area contributed by atoms with E-state index in [1.54, 1.807) is 4.90 Å². The molecule has 88 valence electrons. The van der Waals surface area contributed by atoms with Crippen LogP contribution in [0.1, 0.15) is 25.0 Å². The van der Waals surface area contributed by atoms with Gasteiger partial charge in [0.1, 0.15) is 11.5 Å². The first kappa shape index (κ1) is 11.6. The van der Waals surface area contributed by atoms with Gasteiger partial charge in [-0.2, -0.15) is 0 Å². The van der Waals surface area contributed by atoms with Crippen LogP contribution in [-0.2, 0) is 4.79 Å². The van der Waals surface area contributed by atoms with Crippen molar-refractivity contribution in [3.05, 3.63) is 23.9 Å². The quantitative estimate of drug-likeness (QED) is 0.728. The summed E-state index contributed by atoms with van der Waals surface area (Å²) in [7, 11) is 0. The average molecular weight is 229 g/mol. The first-order valence-corrected chi connectivity index (χ1v) is 5.77. The zero-order valence-electron chi connectivity index (χ0n) is 9.65. The molecule has 1 fully saturated rings. The fourth-order valence-corrected chi connectivity index (χ4v) is 1.83. The fraction of sp³-hybridized carbons (Fsp3) is 0.385. The maximum absolute atomic E-state index is 11.7. The smallest absolute Gasteiger partial charge is 0.228 e. The van der Waals surface area contributed by atoms with E-state index in [-0.39, 0.29) is 5.91 Å². The lowest BCUT2D eigenvalue weighted by molar-refractivity contribution is -0.119. The number of anilines is 1. The van der Waals surface area contributed by atoms with Crippen molar-refractivity contribution in [3.63, 3.8) is 0 Å². The molecule has 2 N–H and O–H groups in total. The van der Waals surface area contributed by atoms with E-state index >= 15 is 0 Å². The number of piperidine rings is 1. The first-order valence-electron chi connectivity index (χ1n) is 5.77. The van der Waals surface area contributed by atoms with Gasteiger partial charge >= 0.3 is 0 Å². The predicted octanol–water partition coefficient (Wildman–Crippen LogP) is 0.909. The minimum Gasteiger partial charge on any atom is -0.320 e. The third-order valence-corrected chi connectivity index (χ3v) is 2.65. The van der Waals surface area contributed by atoms with Crippen molar-refractivity contribution in [2.24, 2.45) is 5.73 Å². The number of aromatic nitrogens is 1. The van der Waals surface area contributed by atoms with Gasteiger partial charge < -0.3 is 5.73 Å². The molecule has 4 nitrogen and oxygen atoms in total. The van der Waals surface area contributed by atoms with Gasteiger partial charge in [0.25, 0.3) is 0 Å². The maximum atomic E-state index is 11.7. The zero-order valence-corrected chi connectivity index (χ0v) is 9.65. The third-order valence-electron chi connectivity index (χ3n) is 2.65. The van der Waals surface area contributed by atoms with E-state index in [0.29, 0.717) is 24.5 Å². The molecular formula is C13H15N3O. The van der Waals surface area contributed by atoms with Crippen molar-refractivity contribution in [1.29, 1.82) is 0 Å². The van der Waals surface area contributed by atoms with Gasteiger partial charge in [0.2, 0.25) is 5.91 Å². The molecule has 0 aliphatic carbocycles. The van der Waals surface area contributed by atoms with Crippen LogP contribution in [0.25, 0.3) is 0 Å². The lowest BCUT2D eigenvalue weighted by Gasteiger charge is -2.25. The minimum atomic E-state index is 0.146. The Morgan fingerprint density at radius 3 is 3.06 bits per heavy atom. The number of nitrogens with two attached hydrogens (primary N) is 1. The van der Waals surface area contributed by atoms with Crippen LogP contribution >= 0.6 is 0 Å². The van der Waals surface area contributed by atoms with Gasteiger partial charge in [-0.05, 0) is 30.9 Å². The molecule has 1 aliphatic rings. The summed E-state index contributed by atoms with van der Waals surface area (Å²) in [6.07, 6.45) is 2.62. The summed E-state index contributed by atoms with van der Waals surface area (Å²) in [5, 5.41) is 0. The van der Waals surface area contributed by atoms with E-state index in [9.17, 15) is 4.79 Å². The average Bonchev–Trinajstić information content (AvgIpc) is 2.37. The van der Waals surface area contributed by atoms with Crippen molar-refractivity contribution in [2.45, 2.75) is 19.3 Å². The molecule has 1 amide bonds. The van der Waals surface area contributed by atoms with Crippen LogP contribution in [0.5, 0.6) is 0 Å². The third kappa shape index (κ3) is 2.83. The Kier molecular flexibility index (Phi) is 3.73. The van der Waals surface area contributed by atoms with Crippen LogP contribution in [0.3, 0.4) is 0 Å². The molecule has 0 saturated carbocycles. The van der Waals surface area contributed by atoms with Crippen LogP contribution in [0, 0.1) is 11.8 Å². The summed E-state index contributed by atoms with van der Waals surface area (Å²) in [4.78, 5) is 17.8. The largest absolute Gasteiger partial charge is 0.320 e. The summed E-state index contributed by atoms with van der Waals surface area (Å²) < 4.78 is 0. The number of carbonyl (C=O) groups is 1. The van der Waals surface area contributed by atoms with Crippen LogP contribution in [0.2, 0.25) is 0 Å². The van der Waals surface area contributed by atoms with E-state index < -0.39 is 0 Å². The van der Waals surface area contributed by atoms with Gasteiger partial charge in [-0.25, -0.2) is 4.98 Å². The Hall–Kier alpha value is -1.86. The lowest BCUT2D eigenvalue weighted by Crippen LogP contribution is -2.35. The molecule has 17 heavy (non-hydrogen) atoms. The lowest BCUT2D eigenvalue weighted by atomic mass is 10.1. The highest BCUT2D eigenvalue weighted by molar-refractivity contribution is 5.93. The van der Waals surface area contributed by atoms with Crippen LogP contribution in [-0.4, -0.2) is 24.0 Å². The maximum Gasteiger partial charge on any atom is 0.228 e. The number of hydrogen-bond acceptors (Lipinski definition) is 3. The Morgan fingerprint density at radius 2 is 2.29 bits per heavy atom. The monoisotopic (exact) mass is 229 g/mol.